The molecule has 2 aromatic rings. The maximum Gasteiger partial charge on any atom is 0.317 e. The van der Waals surface area contributed by atoms with Gasteiger partial charge in [0, 0.05) is 54.7 Å². The Morgan fingerprint density at radius 2 is 2.10 bits per heavy atom. The van der Waals surface area contributed by atoms with Gasteiger partial charge in [0.1, 0.15) is 5.60 Å². The molecule has 1 saturated carbocycles. The molecule has 1 aliphatic heterocycles. The van der Waals surface area contributed by atoms with Gasteiger partial charge in [-0.1, -0.05) is 18.6 Å². The number of aromatic nitrogens is 1. The van der Waals surface area contributed by atoms with Crippen molar-refractivity contribution < 1.29 is 9.90 Å². The number of carbonyl (C=O) groups excluding carboxylic acids is 1. The van der Waals surface area contributed by atoms with Crippen LogP contribution in [0.3, 0.4) is 0 Å². The molecule has 1 aromatic carbocycles. The fraction of sp³-hybridized carbons (Fsp3) is 0.625. The lowest BCUT2D eigenvalue weighted by molar-refractivity contribution is -0.0890. The standard InChI is InChI=1S/C24H34N4O2/c1-4-28(5-2)23(29)25-16-13-24(30)18-10-7-11-19-21(18)17(12-20(24)27(3)14-16)22(26-19)15-8-6-9-15/h7,10-11,15-16,20,26,30H,4-6,8-9,12-14H2,1-3H3,(H,25,29). The molecule has 3 unspecified atom stereocenters. The Bertz CT molecular complexity index is 962. The third-order valence-electron chi connectivity index (χ3n) is 7.87. The number of fused-ring (bicyclic) bond motifs is 2. The highest BCUT2D eigenvalue weighted by Gasteiger charge is 2.51. The Morgan fingerprint density at radius 1 is 1.33 bits per heavy atom. The highest BCUT2D eigenvalue weighted by atomic mass is 16.3. The molecule has 5 rings (SSSR count). The smallest absolute Gasteiger partial charge is 0.317 e. The number of aromatic amines is 1. The Balaban J connectivity index is 1.51. The van der Waals surface area contributed by atoms with Crippen molar-refractivity contribution in [1.29, 1.82) is 0 Å². The Morgan fingerprint density at radius 3 is 2.77 bits per heavy atom. The molecular formula is C24H34N4O2. The van der Waals surface area contributed by atoms with E-state index in [0.29, 0.717) is 25.4 Å². The third kappa shape index (κ3) is 2.88. The van der Waals surface area contributed by atoms with E-state index < -0.39 is 5.60 Å². The lowest BCUT2D eigenvalue weighted by atomic mass is 9.69. The molecule has 0 spiro atoms. The molecule has 1 aromatic heterocycles. The van der Waals surface area contributed by atoms with Gasteiger partial charge in [-0.05, 0) is 63.3 Å². The van der Waals surface area contributed by atoms with Gasteiger partial charge in [-0.2, -0.15) is 0 Å². The molecule has 162 valence electrons. The molecule has 3 atom stereocenters. The van der Waals surface area contributed by atoms with Crippen LogP contribution >= 0.6 is 0 Å². The zero-order valence-corrected chi connectivity index (χ0v) is 18.4. The van der Waals surface area contributed by atoms with E-state index in [4.69, 9.17) is 0 Å². The number of likely N-dealkylation sites (tertiary alicyclic amines) is 1. The van der Waals surface area contributed by atoms with Crippen LogP contribution in [0.4, 0.5) is 4.79 Å². The lowest BCUT2D eigenvalue weighted by Crippen LogP contribution is -2.63. The summed E-state index contributed by atoms with van der Waals surface area (Å²) in [6.07, 6.45) is 5.26. The molecule has 2 amide bonds. The molecule has 2 aliphatic carbocycles. The Labute approximate surface area is 178 Å². The average molecular weight is 411 g/mol. The maximum atomic E-state index is 12.7. The number of carbonyl (C=O) groups is 1. The van der Waals surface area contributed by atoms with Crippen LogP contribution < -0.4 is 5.32 Å². The summed E-state index contributed by atoms with van der Waals surface area (Å²) in [4.78, 5) is 20.4. The summed E-state index contributed by atoms with van der Waals surface area (Å²) in [5, 5.41) is 16.5. The minimum absolute atomic E-state index is 0.0341. The largest absolute Gasteiger partial charge is 0.383 e. The predicted octanol–water partition coefficient (Wildman–Crippen LogP) is 3.30. The normalized spacial score (nSPS) is 28.8. The van der Waals surface area contributed by atoms with Gasteiger partial charge in [-0.3, -0.25) is 4.90 Å². The maximum absolute atomic E-state index is 12.7. The van der Waals surface area contributed by atoms with Gasteiger partial charge in [0.15, 0.2) is 0 Å². The van der Waals surface area contributed by atoms with E-state index in [2.05, 4.69) is 40.4 Å². The zero-order valence-electron chi connectivity index (χ0n) is 18.4. The first-order valence-electron chi connectivity index (χ1n) is 11.6. The van der Waals surface area contributed by atoms with E-state index in [1.807, 2.05) is 13.8 Å². The monoisotopic (exact) mass is 410 g/mol. The number of amides is 2. The zero-order chi connectivity index (χ0) is 21.0. The number of H-pyrrole nitrogens is 1. The van der Waals surface area contributed by atoms with Crippen molar-refractivity contribution in [3.05, 3.63) is 35.0 Å². The first-order chi connectivity index (χ1) is 14.5. The van der Waals surface area contributed by atoms with E-state index in [1.54, 1.807) is 4.90 Å². The number of nitrogens with zero attached hydrogens (tertiary/aromatic N) is 2. The van der Waals surface area contributed by atoms with Gasteiger partial charge >= 0.3 is 6.03 Å². The second-order valence-electron chi connectivity index (χ2n) is 9.48. The second kappa shape index (κ2) is 7.27. The average Bonchev–Trinajstić information content (AvgIpc) is 3.02. The Kier molecular flexibility index (Phi) is 4.82. The minimum atomic E-state index is -0.959. The van der Waals surface area contributed by atoms with E-state index in [-0.39, 0.29) is 18.1 Å². The summed E-state index contributed by atoms with van der Waals surface area (Å²) >= 11 is 0. The highest BCUT2D eigenvalue weighted by Crippen LogP contribution is 2.49. The van der Waals surface area contributed by atoms with Gasteiger partial charge in [-0.15, -0.1) is 0 Å². The fourth-order valence-electron chi connectivity index (χ4n) is 6.05. The second-order valence-corrected chi connectivity index (χ2v) is 9.48. The summed E-state index contributed by atoms with van der Waals surface area (Å²) in [6.45, 7) is 6.12. The molecule has 30 heavy (non-hydrogen) atoms. The molecule has 3 N–H and O–H groups in total. The molecule has 6 nitrogen and oxygen atoms in total. The van der Waals surface area contributed by atoms with Crippen LogP contribution in [0.15, 0.2) is 18.2 Å². The molecule has 6 heteroatoms. The summed E-state index contributed by atoms with van der Waals surface area (Å²) in [7, 11) is 2.09. The van der Waals surface area contributed by atoms with Crippen molar-refractivity contribution in [2.75, 3.05) is 26.7 Å². The van der Waals surface area contributed by atoms with E-state index >= 15 is 0 Å². The summed E-state index contributed by atoms with van der Waals surface area (Å²) < 4.78 is 0. The van der Waals surface area contributed by atoms with Crippen molar-refractivity contribution >= 4 is 16.9 Å². The van der Waals surface area contributed by atoms with Gasteiger partial charge in [-0.25, -0.2) is 4.79 Å². The Hall–Kier alpha value is -2.05. The summed E-state index contributed by atoms with van der Waals surface area (Å²) in [5.41, 5.74) is 4.03. The molecular weight excluding hydrogens is 376 g/mol. The molecule has 3 aliphatic rings. The van der Waals surface area contributed by atoms with Gasteiger partial charge in [0.25, 0.3) is 0 Å². The highest BCUT2D eigenvalue weighted by molar-refractivity contribution is 5.90. The van der Waals surface area contributed by atoms with Crippen LogP contribution in [-0.4, -0.2) is 64.7 Å². The quantitative estimate of drug-likeness (QED) is 0.724. The minimum Gasteiger partial charge on any atom is -0.383 e. The van der Waals surface area contributed by atoms with Crippen LogP contribution in [0.1, 0.15) is 62.3 Å². The number of piperidine rings is 1. The van der Waals surface area contributed by atoms with Gasteiger partial charge in [0.05, 0.1) is 0 Å². The van der Waals surface area contributed by atoms with Gasteiger partial charge < -0.3 is 20.3 Å². The number of urea groups is 1. The van der Waals surface area contributed by atoms with Crippen molar-refractivity contribution in [1.82, 2.24) is 20.1 Å². The molecule has 2 heterocycles. The van der Waals surface area contributed by atoms with Crippen molar-refractivity contribution in [2.45, 2.75) is 69.6 Å². The summed E-state index contributed by atoms with van der Waals surface area (Å²) in [5.74, 6) is 0.640. The summed E-state index contributed by atoms with van der Waals surface area (Å²) in [6, 6.07) is 6.21. The van der Waals surface area contributed by atoms with Crippen molar-refractivity contribution in [2.24, 2.45) is 0 Å². The van der Waals surface area contributed by atoms with Crippen LogP contribution in [0, 0.1) is 0 Å². The van der Waals surface area contributed by atoms with Crippen LogP contribution in [0.25, 0.3) is 10.9 Å². The number of hydrogen-bond acceptors (Lipinski definition) is 3. The topological polar surface area (TPSA) is 71.6 Å². The predicted molar refractivity (Wildman–Crippen MR) is 119 cm³/mol. The van der Waals surface area contributed by atoms with Crippen LogP contribution in [-0.2, 0) is 12.0 Å². The molecule has 2 fully saturated rings. The number of benzene rings is 1. The van der Waals surface area contributed by atoms with Crippen LogP contribution in [0.5, 0.6) is 0 Å². The van der Waals surface area contributed by atoms with Crippen molar-refractivity contribution in [3.8, 4) is 0 Å². The molecule has 0 radical (unpaired) electrons. The molecule has 1 saturated heterocycles. The number of likely N-dealkylation sites (N-methyl/N-ethyl adjacent to an activating group) is 1. The van der Waals surface area contributed by atoms with E-state index in [9.17, 15) is 9.90 Å². The third-order valence-corrected chi connectivity index (χ3v) is 7.87. The first kappa shape index (κ1) is 19.9. The van der Waals surface area contributed by atoms with Crippen molar-refractivity contribution in [3.63, 3.8) is 0 Å². The number of rotatable bonds is 4. The number of aliphatic hydroxyl groups is 1. The fourth-order valence-corrected chi connectivity index (χ4v) is 6.05. The number of hydrogen-bond donors (Lipinski definition) is 3. The van der Waals surface area contributed by atoms with E-state index in [1.165, 1.54) is 35.9 Å². The molecule has 0 bridgehead atoms. The van der Waals surface area contributed by atoms with Crippen LogP contribution in [0.2, 0.25) is 0 Å². The van der Waals surface area contributed by atoms with E-state index in [0.717, 1.165) is 24.0 Å². The number of nitrogens with one attached hydrogen (secondary N) is 2. The SMILES string of the molecule is CCN(CC)C(=O)NC1CN(C)C2Cc3c(C4CCC4)[nH]c4cccc(c34)C2(O)C1. The lowest BCUT2D eigenvalue weighted by Gasteiger charge is -2.51. The van der Waals surface area contributed by atoms with Gasteiger partial charge in [0.2, 0.25) is 0 Å². The first-order valence-corrected chi connectivity index (χ1v) is 11.6.